The summed E-state index contributed by atoms with van der Waals surface area (Å²) in [5.41, 5.74) is 2.29. The van der Waals surface area contributed by atoms with Gasteiger partial charge in [-0.25, -0.2) is 0 Å². The molecule has 0 unspecified atom stereocenters. The lowest BCUT2D eigenvalue weighted by atomic mass is 10.1. The lowest BCUT2D eigenvalue weighted by Crippen LogP contribution is -2.09. The van der Waals surface area contributed by atoms with Gasteiger partial charge in [-0.05, 0) is 18.9 Å². The first-order valence-corrected chi connectivity index (χ1v) is 3.94. The van der Waals surface area contributed by atoms with Gasteiger partial charge in [0, 0.05) is 25.5 Å². The Morgan fingerprint density at radius 2 is 2.00 bits per heavy atom. The van der Waals surface area contributed by atoms with E-state index in [-0.39, 0.29) is 0 Å². The normalized spacial score (nSPS) is 14.0. The van der Waals surface area contributed by atoms with Gasteiger partial charge in [0.15, 0.2) is 0 Å². The van der Waals surface area contributed by atoms with Gasteiger partial charge in [-0.3, -0.25) is 4.99 Å². The number of hydrogen-bond donors (Lipinski definition) is 1. The molecule has 0 aromatic carbocycles. The summed E-state index contributed by atoms with van der Waals surface area (Å²) in [4.78, 5) is 4.18. The molecule has 0 aromatic rings. The SMILES string of the molecule is C/N=C(\C=C(\C)NC)C(C)C. The van der Waals surface area contributed by atoms with Crippen LogP contribution >= 0.6 is 0 Å². The topological polar surface area (TPSA) is 24.4 Å². The van der Waals surface area contributed by atoms with Crippen molar-refractivity contribution in [3.63, 3.8) is 0 Å². The van der Waals surface area contributed by atoms with Gasteiger partial charge in [-0.15, -0.1) is 0 Å². The van der Waals surface area contributed by atoms with Crippen molar-refractivity contribution in [1.29, 1.82) is 0 Å². The Labute approximate surface area is 69.4 Å². The van der Waals surface area contributed by atoms with Gasteiger partial charge in [-0.2, -0.15) is 0 Å². The van der Waals surface area contributed by atoms with Gasteiger partial charge < -0.3 is 5.32 Å². The molecule has 64 valence electrons. The van der Waals surface area contributed by atoms with Crippen molar-refractivity contribution >= 4 is 5.71 Å². The summed E-state index contributed by atoms with van der Waals surface area (Å²) in [6.45, 7) is 6.32. The highest BCUT2D eigenvalue weighted by Gasteiger charge is 1.99. The Morgan fingerprint density at radius 1 is 1.45 bits per heavy atom. The van der Waals surface area contributed by atoms with Crippen LogP contribution in [0, 0.1) is 5.92 Å². The second kappa shape index (κ2) is 4.94. The van der Waals surface area contributed by atoms with E-state index in [1.165, 1.54) is 0 Å². The number of hydrogen-bond acceptors (Lipinski definition) is 2. The van der Waals surface area contributed by atoms with Gasteiger partial charge >= 0.3 is 0 Å². The molecule has 11 heavy (non-hydrogen) atoms. The summed E-state index contributed by atoms with van der Waals surface area (Å²) >= 11 is 0. The molecule has 0 heterocycles. The second-order valence-electron chi connectivity index (χ2n) is 2.88. The number of nitrogens with zero attached hydrogens (tertiary/aromatic N) is 1. The molecule has 0 spiro atoms. The van der Waals surface area contributed by atoms with Crippen molar-refractivity contribution in [1.82, 2.24) is 5.32 Å². The summed E-state index contributed by atoms with van der Waals surface area (Å²) in [5, 5.41) is 3.06. The molecule has 0 bridgehead atoms. The third-order valence-electron chi connectivity index (χ3n) is 1.61. The molecule has 0 aromatic heterocycles. The van der Waals surface area contributed by atoms with E-state index in [9.17, 15) is 0 Å². The van der Waals surface area contributed by atoms with E-state index >= 15 is 0 Å². The minimum Gasteiger partial charge on any atom is -0.392 e. The fourth-order valence-corrected chi connectivity index (χ4v) is 0.783. The molecule has 0 aliphatic carbocycles. The monoisotopic (exact) mass is 154 g/mol. The van der Waals surface area contributed by atoms with Crippen LogP contribution in [0.15, 0.2) is 16.8 Å². The molecular formula is C9H18N2. The van der Waals surface area contributed by atoms with Crippen LogP contribution in [0.3, 0.4) is 0 Å². The smallest absolute Gasteiger partial charge is 0.0387 e. The fraction of sp³-hybridized carbons (Fsp3) is 0.667. The molecule has 0 saturated heterocycles. The molecule has 2 heteroatoms. The standard InChI is InChI=1S/C9H18N2/c1-7(2)9(11-5)6-8(3)10-4/h6-7,10H,1-5H3/b8-6-,11-9+. The van der Waals surface area contributed by atoms with Crippen LogP contribution in [0.4, 0.5) is 0 Å². The minimum atomic E-state index is 0.503. The van der Waals surface area contributed by atoms with Gasteiger partial charge in [0.05, 0.1) is 0 Å². The molecule has 0 radical (unpaired) electrons. The van der Waals surface area contributed by atoms with Crippen LogP contribution < -0.4 is 5.32 Å². The Bertz CT molecular complexity index is 166. The van der Waals surface area contributed by atoms with Crippen molar-refractivity contribution in [2.24, 2.45) is 10.9 Å². The lowest BCUT2D eigenvalue weighted by Gasteiger charge is -2.05. The maximum absolute atomic E-state index is 4.18. The van der Waals surface area contributed by atoms with Crippen molar-refractivity contribution in [2.75, 3.05) is 14.1 Å². The molecule has 0 amide bonds. The van der Waals surface area contributed by atoms with E-state index in [2.05, 4.69) is 30.2 Å². The lowest BCUT2D eigenvalue weighted by molar-refractivity contribution is 0.881. The predicted octanol–water partition coefficient (Wildman–Crippen LogP) is 1.84. The highest BCUT2D eigenvalue weighted by atomic mass is 14.8. The molecule has 0 rings (SSSR count). The van der Waals surface area contributed by atoms with Crippen LogP contribution in [0.5, 0.6) is 0 Å². The first-order valence-electron chi connectivity index (χ1n) is 3.94. The maximum atomic E-state index is 4.18. The molecule has 0 saturated carbocycles. The van der Waals surface area contributed by atoms with Crippen molar-refractivity contribution in [3.05, 3.63) is 11.8 Å². The zero-order valence-electron chi connectivity index (χ0n) is 8.10. The third-order valence-corrected chi connectivity index (χ3v) is 1.61. The molecule has 0 fully saturated rings. The quantitative estimate of drug-likeness (QED) is 0.616. The van der Waals surface area contributed by atoms with E-state index in [0.29, 0.717) is 5.92 Å². The Balaban J connectivity index is 4.32. The molecule has 0 atom stereocenters. The number of aliphatic imine (C=N–C) groups is 1. The molecule has 1 N–H and O–H groups in total. The molecular weight excluding hydrogens is 136 g/mol. The van der Waals surface area contributed by atoms with Crippen molar-refractivity contribution in [2.45, 2.75) is 20.8 Å². The van der Waals surface area contributed by atoms with Crippen LogP contribution in [0.25, 0.3) is 0 Å². The molecule has 0 aliphatic heterocycles. The molecule has 0 aliphatic rings. The number of allylic oxidation sites excluding steroid dienone is 2. The van der Waals surface area contributed by atoms with Crippen LogP contribution in [-0.4, -0.2) is 19.8 Å². The van der Waals surface area contributed by atoms with Gasteiger partial charge in [0.25, 0.3) is 0 Å². The highest BCUT2D eigenvalue weighted by Crippen LogP contribution is 2.00. The Hall–Kier alpha value is -0.790. The first-order chi connectivity index (χ1) is 5.11. The minimum absolute atomic E-state index is 0.503. The first kappa shape index (κ1) is 10.2. The van der Waals surface area contributed by atoms with Crippen molar-refractivity contribution in [3.8, 4) is 0 Å². The summed E-state index contributed by atoms with van der Waals surface area (Å²) in [6.07, 6.45) is 2.07. The van der Waals surface area contributed by atoms with E-state index < -0.39 is 0 Å². The average molecular weight is 154 g/mol. The van der Waals surface area contributed by atoms with E-state index in [0.717, 1.165) is 11.4 Å². The average Bonchev–Trinajstić information content (AvgIpc) is 1.99. The van der Waals surface area contributed by atoms with Crippen molar-refractivity contribution < 1.29 is 0 Å². The van der Waals surface area contributed by atoms with Gasteiger partial charge in [0.1, 0.15) is 0 Å². The Morgan fingerprint density at radius 3 is 2.27 bits per heavy atom. The zero-order chi connectivity index (χ0) is 8.85. The third kappa shape index (κ3) is 3.81. The van der Waals surface area contributed by atoms with Gasteiger partial charge in [-0.1, -0.05) is 13.8 Å². The largest absolute Gasteiger partial charge is 0.392 e. The zero-order valence-corrected chi connectivity index (χ0v) is 8.10. The second-order valence-corrected chi connectivity index (χ2v) is 2.88. The number of rotatable bonds is 3. The maximum Gasteiger partial charge on any atom is 0.0387 e. The van der Waals surface area contributed by atoms with E-state index in [1.807, 2.05) is 21.0 Å². The van der Waals surface area contributed by atoms with Crippen LogP contribution in [-0.2, 0) is 0 Å². The van der Waals surface area contributed by atoms with E-state index in [4.69, 9.17) is 0 Å². The fourth-order valence-electron chi connectivity index (χ4n) is 0.783. The van der Waals surface area contributed by atoms with Crippen LogP contribution in [0.1, 0.15) is 20.8 Å². The summed E-state index contributed by atoms with van der Waals surface area (Å²) in [6, 6.07) is 0. The summed E-state index contributed by atoms with van der Waals surface area (Å²) in [7, 11) is 3.74. The highest BCUT2D eigenvalue weighted by molar-refractivity contribution is 5.96. The van der Waals surface area contributed by atoms with Crippen LogP contribution in [0.2, 0.25) is 0 Å². The predicted molar refractivity (Wildman–Crippen MR) is 51.0 cm³/mol. The van der Waals surface area contributed by atoms with Gasteiger partial charge in [0.2, 0.25) is 0 Å². The molecule has 2 nitrogen and oxygen atoms in total. The summed E-state index contributed by atoms with van der Waals surface area (Å²) in [5.74, 6) is 0.503. The summed E-state index contributed by atoms with van der Waals surface area (Å²) < 4.78 is 0. The van der Waals surface area contributed by atoms with E-state index in [1.54, 1.807) is 0 Å². The number of nitrogens with one attached hydrogen (secondary N) is 1. The Kier molecular flexibility index (Phi) is 4.59.